The van der Waals surface area contributed by atoms with Crippen LogP contribution in [0.25, 0.3) is 0 Å². The van der Waals surface area contributed by atoms with E-state index in [2.05, 4.69) is 9.62 Å². The van der Waals surface area contributed by atoms with Gasteiger partial charge >= 0.3 is 0 Å². The molecule has 0 atom stereocenters. The molecule has 122 valence electrons. The molecule has 22 heavy (non-hydrogen) atoms. The molecule has 2 rings (SSSR count). The van der Waals surface area contributed by atoms with E-state index in [0.29, 0.717) is 12.8 Å². The number of nitrogens with zero attached hydrogens (tertiary/aromatic N) is 2. The lowest BCUT2D eigenvalue weighted by Crippen LogP contribution is -2.43. The van der Waals surface area contributed by atoms with Crippen molar-refractivity contribution in [3.05, 3.63) is 32.8 Å². The highest BCUT2D eigenvalue weighted by Crippen LogP contribution is 2.29. The fourth-order valence-electron chi connectivity index (χ4n) is 2.40. The summed E-state index contributed by atoms with van der Waals surface area (Å²) in [6.45, 7) is 3.10. The van der Waals surface area contributed by atoms with Gasteiger partial charge in [0, 0.05) is 17.7 Å². The van der Waals surface area contributed by atoms with Gasteiger partial charge in [-0.1, -0.05) is 11.6 Å². The summed E-state index contributed by atoms with van der Waals surface area (Å²) in [6, 6.07) is 2.14. The van der Waals surface area contributed by atoms with Crippen molar-refractivity contribution in [1.29, 1.82) is 0 Å². The van der Waals surface area contributed by atoms with Gasteiger partial charge in [-0.2, -0.15) is 0 Å². The molecule has 1 aliphatic heterocycles. The molecule has 1 N–H and O–H groups in total. The van der Waals surface area contributed by atoms with Crippen molar-refractivity contribution in [2.45, 2.75) is 30.7 Å². The minimum atomic E-state index is -3.83. The van der Waals surface area contributed by atoms with Gasteiger partial charge in [0.2, 0.25) is 10.0 Å². The summed E-state index contributed by atoms with van der Waals surface area (Å²) in [5, 5.41) is 11.1. The molecule has 1 heterocycles. The largest absolute Gasteiger partial charge is 0.306 e. The predicted molar refractivity (Wildman–Crippen MR) is 83.7 cm³/mol. The zero-order valence-electron chi connectivity index (χ0n) is 12.4. The Hall–Kier alpha value is -1.22. The Kier molecular flexibility index (Phi) is 5.06. The third kappa shape index (κ3) is 3.75. The first-order valence-electron chi connectivity index (χ1n) is 6.86. The minimum Gasteiger partial charge on any atom is -0.306 e. The number of sulfonamides is 1. The molecule has 0 unspecified atom stereocenters. The fourth-order valence-corrected chi connectivity index (χ4v) is 4.03. The van der Waals surface area contributed by atoms with Gasteiger partial charge in [-0.15, -0.1) is 0 Å². The average Bonchev–Trinajstić information content (AvgIpc) is 2.43. The van der Waals surface area contributed by atoms with E-state index >= 15 is 0 Å². The molecule has 0 aliphatic carbocycles. The summed E-state index contributed by atoms with van der Waals surface area (Å²) in [4.78, 5) is 12.3. The topological polar surface area (TPSA) is 92.6 Å². The molecular formula is C13H18ClN3O4S. The summed E-state index contributed by atoms with van der Waals surface area (Å²) >= 11 is 5.93. The number of likely N-dealkylation sites (tertiary alicyclic amines) is 1. The first-order valence-corrected chi connectivity index (χ1v) is 8.72. The molecule has 1 fully saturated rings. The van der Waals surface area contributed by atoms with Crippen LogP contribution in [0.1, 0.15) is 18.4 Å². The number of nitrogens with one attached hydrogen (secondary N) is 1. The maximum absolute atomic E-state index is 12.4. The summed E-state index contributed by atoms with van der Waals surface area (Å²) < 4.78 is 27.4. The Morgan fingerprint density at radius 1 is 1.36 bits per heavy atom. The van der Waals surface area contributed by atoms with E-state index < -0.39 is 14.9 Å². The van der Waals surface area contributed by atoms with Gasteiger partial charge in [0.1, 0.15) is 0 Å². The van der Waals surface area contributed by atoms with Gasteiger partial charge in [-0.25, -0.2) is 13.1 Å². The summed E-state index contributed by atoms with van der Waals surface area (Å²) in [5.74, 6) is 0. The van der Waals surface area contributed by atoms with Gasteiger partial charge in [-0.05, 0) is 46.0 Å². The van der Waals surface area contributed by atoms with Gasteiger partial charge in [0.15, 0.2) is 0 Å². The molecule has 1 aromatic rings. The van der Waals surface area contributed by atoms with E-state index in [1.54, 1.807) is 0 Å². The average molecular weight is 348 g/mol. The molecule has 0 aromatic heterocycles. The highest BCUT2D eigenvalue weighted by atomic mass is 35.5. The smallest absolute Gasteiger partial charge is 0.275 e. The first kappa shape index (κ1) is 17.1. The maximum Gasteiger partial charge on any atom is 0.275 e. The van der Waals surface area contributed by atoms with E-state index in [-0.39, 0.29) is 27.2 Å². The third-order valence-corrected chi connectivity index (χ3v) is 5.73. The summed E-state index contributed by atoms with van der Waals surface area (Å²) in [6.07, 6.45) is 1.41. The number of nitro benzene ring substituents is 1. The van der Waals surface area contributed by atoms with Crippen LogP contribution in [-0.2, 0) is 10.0 Å². The molecule has 0 amide bonds. The van der Waals surface area contributed by atoms with Crippen molar-refractivity contribution >= 4 is 27.3 Å². The van der Waals surface area contributed by atoms with Crippen LogP contribution in [-0.4, -0.2) is 44.4 Å². The molecule has 0 saturated carbocycles. The van der Waals surface area contributed by atoms with Gasteiger partial charge in [0.25, 0.3) is 5.69 Å². The highest BCUT2D eigenvalue weighted by molar-refractivity contribution is 7.89. The van der Waals surface area contributed by atoms with Crippen molar-refractivity contribution in [3.63, 3.8) is 0 Å². The normalized spacial score (nSPS) is 17.6. The number of halogens is 1. The van der Waals surface area contributed by atoms with Crippen LogP contribution in [0, 0.1) is 17.0 Å². The van der Waals surface area contributed by atoms with Crippen LogP contribution >= 0.6 is 11.6 Å². The quantitative estimate of drug-likeness (QED) is 0.663. The van der Waals surface area contributed by atoms with E-state index in [1.807, 2.05) is 7.05 Å². The zero-order valence-corrected chi connectivity index (χ0v) is 13.9. The van der Waals surface area contributed by atoms with Crippen molar-refractivity contribution in [2.75, 3.05) is 20.1 Å². The van der Waals surface area contributed by atoms with Crippen LogP contribution in [0.2, 0.25) is 5.02 Å². The Morgan fingerprint density at radius 3 is 2.50 bits per heavy atom. The maximum atomic E-state index is 12.4. The second-order valence-electron chi connectivity index (χ2n) is 5.51. The lowest BCUT2D eigenvalue weighted by molar-refractivity contribution is -0.385. The first-order chi connectivity index (χ1) is 10.2. The van der Waals surface area contributed by atoms with Crippen LogP contribution in [0.3, 0.4) is 0 Å². The molecule has 7 nitrogen and oxygen atoms in total. The van der Waals surface area contributed by atoms with E-state index in [0.717, 1.165) is 19.2 Å². The second-order valence-corrected chi connectivity index (χ2v) is 7.63. The molecule has 0 radical (unpaired) electrons. The SMILES string of the molecule is Cc1c(Cl)cc(S(=O)(=O)NC2CCN(C)CC2)cc1[N+](=O)[O-]. The molecular weight excluding hydrogens is 330 g/mol. The number of benzene rings is 1. The monoisotopic (exact) mass is 347 g/mol. The van der Waals surface area contributed by atoms with E-state index in [9.17, 15) is 18.5 Å². The second kappa shape index (κ2) is 6.49. The molecule has 1 aliphatic rings. The fraction of sp³-hybridized carbons (Fsp3) is 0.538. The zero-order chi connectivity index (χ0) is 16.5. The number of hydrogen-bond acceptors (Lipinski definition) is 5. The van der Waals surface area contributed by atoms with Crippen LogP contribution in [0.5, 0.6) is 0 Å². The lowest BCUT2D eigenvalue weighted by atomic mass is 10.1. The van der Waals surface area contributed by atoms with Gasteiger partial charge < -0.3 is 4.90 Å². The number of piperidine rings is 1. The highest BCUT2D eigenvalue weighted by Gasteiger charge is 2.26. The molecule has 0 bridgehead atoms. The molecule has 9 heteroatoms. The van der Waals surface area contributed by atoms with Crippen molar-refractivity contribution in [1.82, 2.24) is 9.62 Å². The number of nitro groups is 1. The third-order valence-electron chi connectivity index (χ3n) is 3.84. The lowest BCUT2D eigenvalue weighted by Gasteiger charge is -2.29. The van der Waals surface area contributed by atoms with Gasteiger partial charge in [0.05, 0.1) is 14.8 Å². The molecule has 0 spiro atoms. The Balaban J connectivity index is 2.28. The van der Waals surface area contributed by atoms with E-state index in [1.165, 1.54) is 13.0 Å². The molecule has 1 aromatic carbocycles. The molecule has 1 saturated heterocycles. The standard InChI is InChI=1S/C13H18ClN3O4S/c1-9-12(14)7-11(8-13(9)17(18)19)22(20,21)15-10-3-5-16(2)6-4-10/h7-8,10,15H,3-6H2,1-2H3. The van der Waals surface area contributed by atoms with E-state index in [4.69, 9.17) is 11.6 Å². The Labute approximate surface area is 134 Å². The summed E-state index contributed by atoms with van der Waals surface area (Å²) in [7, 11) is -1.85. The van der Waals surface area contributed by atoms with Crippen molar-refractivity contribution in [3.8, 4) is 0 Å². The predicted octanol–water partition coefficient (Wildman–Crippen LogP) is 1.93. The minimum absolute atomic E-state index is 0.0675. The van der Waals surface area contributed by atoms with Crippen LogP contribution < -0.4 is 4.72 Å². The van der Waals surface area contributed by atoms with Gasteiger partial charge in [-0.3, -0.25) is 10.1 Å². The van der Waals surface area contributed by atoms with Crippen molar-refractivity contribution in [2.24, 2.45) is 0 Å². The van der Waals surface area contributed by atoms with Crippen LogP contribution in [0.15, 0.2) is 17.0 Å². The Morgan fingerprint density at radius 2 is 1.95 bits per heavy atom. The number of rotatable bonds is 4. The summed E-state index contributed by atoms with van der Waals surface area (Å²) in [5.41, 5.74) is -0.0406. The Bertz CT molecular complexity index is 685. The van der Waals surface area contributed by atoms with Crippen molar-refractivity contribution < 1.29 is 13.3 Å². The number of hydrogen-bond donors (Lipinski definition) is 1. The van der Waals surface area contributed by atoms with Crippen LogP contribution in [0.4, 0.5) is 5.69 Å².